The molecule has 148 valence electrons. The zero-order valence-electron chi connectivity index (χ0n) is 15.9. The number of nitrogens with zero attached hydrogens (tertiary/aromatic N) is 1. The third-order valence-electron chi connectivity index (χ3n) is 4.70. The molecule has 0 spiro atoms. The van der Waals surface area contributed by atoms with Crippen molar-refractivity contribution in [2.24, 2.45) is 0 Å². The minimum Gasteiger partial charge on any atom is -0.497 e. The van der Waals surface area contributed by atoms with E-state index in [0.29, 0.717) is 24.4 Å². The maximum atomic E-state index is 13.3. The summed E-state index contributed by atoms with van der Waals surface area (Å²) in [4.78, 5) is 15.1. The second-order valence-corrected chi connectivity index (χ2v) is 7.62. The van der Waals surface area contributed by atoms with Gasteiger partial charge in [-0.05, 0) is 53.6 Å². The highest BCUT2D eigenvalue weighted by atomic mass is 79.9. The van der Waals surface area contributed by atoms with Gasteiger partial charge in [0.25, 0.3) is 5.91 Å². The predicted molar refractivity (Wildman–Crippen MR) is 113 cm³/mol. The van der Waals surface area contributed by atoms with E-state index in [2.05, 4.69) is 15.9 Å². The first-order valence-electron chi connectivity index (χ1n) is 9.19. The van der Waals surface area contributed by atoms with E-state index in [1.54, 1.807) is 7.11 Å². The molecule has 1 aliphatic rings. The normalized spacial score (nSPS) is 11.9. The van der Waals surface area contributed by atoms with Crippen molar-refractivity contribution in [3.05, 3.63) is 87.9 Å². The second kappa shape index (κ2) is 8.57. The van der Waals surface area contributed by atoms with Crippen LogP contribution in [-0.4, -0.2) is 24.7 Å². The van der Waals surface area contributed by atoms with Crippen LogP contribution in [0.1, 0.15) is 21.5 Å². The maximum Gasteiger partial charge on any atom is 0.254 e. The van der Waals surface area contributed by atoms with E-state index in [9.17, 15) is 4.79 Å². The Morgan fingerprint density at radius 3 is 2.45 bits per heavy atom. The molecule has 0 saturated heterocycles. The van der Waals surface area contributed by atoms with Crippen LogP contribution in [0.3, 0.4) is 0 Å². The van der Waals surface area contributed by atoms with E-state index in [0.717, 1.165) is 27.1 Å². The Balaban J connectivity index is 1.61. The Kier molecular flexibility index (Phi) is 5.71. The lowest BCUT2D eigenvalue weighted by Gasteiger charge is -2.23. The van der Waals surface area contributed by atoms with Gasteiger partial charge < -0.3 is 19.1 Å². The molecule has 29 heavy (non-hydrogen) atoms. The molecule has 0 radical (unpaired) electrons. The number of benzene rings is 3. The number of amides is 1. The van der Waals surface area contributed by atoms with Crippen LogP contribution in [0, 0.1) is 0 Å². The van der Waals surface area contributed by atoms with Crippen molar-refractivity contribution in [3.63, 3.8) is 0 Å². The number of methoxy groups -OCH3 is 1. The molecule has 0 aliphatic carbocycles. The average molecular weight is 454 g/mol. The number of carbonyl (C=O) groups is 1. The van der Waals surface area contributed by atoms with Gasteiger partial charge in [0.05, 0.1) is 7.11 Å². The summed E-state index contributed by atoms with van der Waals surface area (Å²) in [5.41, 5.74) is 2.63. The van der Waals surface area contributed by atoms with Gasteiger partial charge in [-0.1, -0.05) is 40.2 Å². The van der Waals surface area contributed by atoms with Gasteiger partial charge in [0.2, 0.25) is 6.79 Å². The lowest BCUT2D eigenvalue weighted by atomic mass is 10.1. The summed E-state index contributed by atoms with van der Waals surface area (Å²) in [6.07, 6.45) is 0. The third-order valence-corrected chi connectivity index (χ3v) is 5.19. The highest BCUT2D eigenvalue weighted by Crippen LogP contribution is 2.33. The van der Waals surface area contributed by atoms with Gasteiger partial charge in [-0.25, -0.2) is 0 Å². The zero-order chi connectivity index (χ0) is 20.2. The summed E-state index contributed by atoms with van der Waals surface area (Å²) in [5.74, 6) is 2.18. The topological polar surface area (TPSA) is 48.0 Å². The Hall–Kier alpha value is -2.99. The second-order valence-electron chi connectivity index (χ2n) is 6.71. The van der Waals surface area contributed by atoms with Gasteiger partial charge in [0.1, 0.15) is 5.75 Å². The Morgan fingerprint density at radius 1 is 0.966 bits per heavy atom. The number of rotatable bonds is 6. The number of hydrogen-bond donors (Lipinski definition) is 0. The summed E-state index contributed by atoms with van der Waals surface area (Å²) >= 11 is 3.45. The molecule has 1 amide bonds. The quantitative estimate of drug-likeness (QED) is 0.525. The van der Waals surface area contributed by atoms with Crippen molar-refractivity contribution in [3.8, 4) is 17.2 Å². The third kappa shape index (κ3) is 4.54. The highest BCUT2D eigenvalue weighted by molar-refractivity contribution is 9.10. The average Bonchev–Trinajstić information content (AvgIpc) is 3.21. The van der Waals surface area contributed by atoms with Crippen LogP contribution in [0.2, 0.25) is 0 Å². The van der Waals surface area contributed by atoms with Crippen LogP contribution in [0.5, 0.6) is 17.2 Å². The molecular weight excluding hydrogens is 434 g/mol. The van der Waals surface area contributed by atoms with E-state index in [1.165, 1.54) is 0 Å². The minimum absolute atomic E-state index is 0.0419. The molecule has 1 aliphatic heterocycles. The Morgan fingerprint density at radius 2 is 1.69 bits per heavy atom. The zero-order valence-corrected chi connectivity index (χ0v) is 17.5. The lowest BCUT2D eigenvalue weighted by Crippen LogP contribution is -2.30. The molecule has 0 bridgehead atoms. The predicted octanol–water partition coefficient (Wildman–Crippen LogP) is 5.03. The first kappa shape index (κ1) is 19.3. The SMILES string of the molecule is COc1ccc(CN(Cc2ccc3c(c2)OCO3)C(=O)c2cccc(Br)c2)cc1. The van der Waals surface area contributed by atoms with Crippen molar-refractivity contribution in [2.75, 3.05) is 13.9 Å². The van der Waals surface area contributed by atoms with E-state index in [4.69, 9.17) is 14.2 Å². The van der Waals surface area contributed by atoms with Crippen molar-refractivity contribution in [2.45, 2.75) is 13.1 Å². The minimum atomic E-state index is -0.0419. The fourth-order valence-corrected chi connectivity index (χ4v) is 3.61. The lowest BCUT2D eigenvalue weighted by molar-refractivity contribution is 0.0729. The molecule has 5 nitrogen and oxygen atoms in total. The van der Waals surface area contributed by atoms with E-state index >= 15 is 0 Å². The highest BCUT2D eigenvalue weighted by Gasteiger charge is 2.19. The Labute approximate surface area is 177 Å². The van der Waals surface area contributed by atoms with Crippen molar-refractivity contribution >= 4 is 21.8 Å². The smallest absolute Gasteiger partial charge is 0.254 e. The van der Waals surface area contributed by atoms with Gasteiger partial charge in [-0.2, -0.15) is 0 Å². The fraction of sp³-hybridized carbons (Fsp3) is 0.174. The largest absolute Gasteiger partial charge is 0.497 e. The number of carbonyl (C=O) groups excluding carboxylic acids is 1. The van der Waals surface area contributed by atoms with Gasteiger partial charge in [-0.3, -0.25) is 4.79 Å². The van der Waals surface area contributed by atoms with Gasteiger partial charge in [0, 0.05) is 23.1 Å². The summed E-state index contributed by atoms with van der Waals surface area (Å²) in [6, 6.07) is 20.9. The summed E-state index contributed by atoms with van der Waals surface area (Å²) in [7, 11) is 1.64. The number of ether oxygens (including phenoxy) is 3. The fourth-order valence-electron chi connectivity index (χ4n) is 3.21. The molecule has 0 fully saturated rings. The van der Waals surface area contributed by atoms with Crippen molar-refractivity contribution in [1.29, 1.82) is 0 Å². The Bertz CT molecular complexity index is 1020. The van der Waals surface area contributed by atoms with Crippen molar-refractivity contribution < 1.29 is 19.0 Å². The first-order valence-corrected chi connectivity index (χ1v) is 9.98. The van der Waals surface area contributed by atoms with Gasteiger partial charge in [-0.15, -0.1) is 0 Å². The van der Waals surface area contributed by atoms with E-state index in [1.807, 2.05) is 71.6 Å². The summed E-state index contributed by atoms with van der Waals surface area (Å²) in [6.45, 7) is 1.16. The molecule has 1 heterocycles. The summed E-state index contributed by atoms with van der Waals surface area (Å²) in [5, 5.41) is 0. The van der Waals surface area contributed by atoms with Crippen LogP contribution in [0.15, 0.2) is 71.2 Å². The van der Waals surface area contributed by atoms with Crippen LogP contribution in [0.4, 0.5) is 0 Å². The number of halogens is 1. The van der Waals surface area contributed by atoms with Gasteiger partial charge in [0.15, 0.2) is 11.5 Å². The molecule has 6 heteroatoms. The molecule has 0 atom stereocenters. The molecule has 4 rings (SSSR count). The van der Waals surface area contributed by atoms with Crippen LogP contribution in [-0.2, 0) is 13.1 Å². The molecule has 0 N–H and O–H groups in total. The maximum absolute atomic E-state index is 13.3. The van der Waals surface area contributed by atoms with Crippen LogP contribution in [0.25, 0.3) is 0 Å². The molecule has 0 unspecified atom stereocenters. The molecule has 3 aromatic carbocycles. The monoisotopic (exact) mass is 453 g/mol. The first-order chi connectivity index (χ1) is 14.1. The van der Waals surface area contributed by atoms with Gasteiger partial charge >= 0.3 is 0 Å². The van der Waals surface area contributed by atoms with E-state index in [-0.39, 0.29) is 12.7 Å². The van der Waals surface area contributed by atoms with Crippen LogP contribution < -0.4 is 14.2 Å². The summed E-state index contributed by atoms with van der Waals surface area (Å²) < 4.78 is 17.0. The molecule has 3 aromatic rings. The number of fused-ring (bicyclic) bond motifs is 1. The molecule has 0 aromatic heterocycles. The molecular formula is C23H20BrNO4. The number of hydrogen-bond acceptors (Lipinski definition) is 4. The van der Waals surface area contributed by atoms with E-state index < -0.39 is 0 Å². The van der Waals surface area contributed by atoms with Crippen LogP contribution >= 0.6 is 15.9 Å². The molecule has 0 saturated carbocycles. The standard InChI is InChI=1S/C23H20BrNO4/c1-27-20-8-5-16(6-9-20)13-25(23(26)18-3-2-4-19(24)12-18)14-17-7-10-21-22(11-17)29-15-28-21/h2-12H,13-15H2,1H3. The van der Waals surface area contributed by atoms with Crippen molar-refractivity contribution in [1.82, 2.24) is 4.90 Å².